The average Bonchev–Trinajstić information content (AvgIpc) is 2.63. The van der Waals surface area contributed by atoms with Gasteiger partial charge < -0.3 is 20.3 Å². The van der Waals surface area contributed by atoms with Gasteiger partial charge in [0, 0.05) is 12.2 Å². The van der Waals surface area contributed by atoms with E-state index >= 15 is 0 Å². The molecule has 2 N–H and O–H groups in total. The number of amides is 1. The third kappa shape index (κ3) is 4.95. The summed E-state index contributed by atoms with van der Waals surface area (Å²) in [5.74, 6) is 0.474. The first kappa shape index (κ1) is 19.7. The van der Waals surface area contributed by atoms with Crippen LogP contribution in [-0.2, 0) is 4.79 Å². The lowest BCUT2D eigenvalue weighted by atomic mass is 10.1. The van der Waals surface area contributed by atoms with Crippen LogP contribution in [0.15, 0.2) is 42.5 Å². The Morgan fingerprint density at radius 3 is 2.46 bits per heavy atom. The van der Waals surface area contributed by atoms with Crippen molar-refractivity contribution in [2.24, 2.45) is 0 Å². The fourth-order valence-corrected chi connectivity index (χ4v) is 2.82. The highest BCUT2D eigenvalue weighted by Crippen LogP contribution is 2.23. The van der Waals surface area contributed by atoms with Crippen LogP contribution in [0.3, 0.4) is 0 Å². The van der Waals surface area contributed by atoms with Gasteiger partial charge in [-0.15, -0.1) is 0 Å². The minimum atomic E-state index is -0.151. The summed E-state index contributed by atoms with van der Waals surface area (Å²) in [4.78, 5) is 14.3. The number of rotatable bonds is 6. The average molecular weight is 372 g/mol. The van der Waals surface area contributed by atoms with Crippen molar-refractivity contribution < 1.29 is 9.53 Å². The molecule has 6 heteroatoms. The van der Waals surface area contributed by atoms with E-state index in [9.17, 15) is 4.79 Å². The van der Waals surface area contributed by atoms with Gasteiger partial charge in [-0.05, 0) is 62.3 Å². The van der Waals surface area contributed by atoms with Gasteiger partial charge in [0.05, 0.1) is 19.3 Å². The minimum Gasteiger partial charge on any atom is -0.495 e. The Kier molecular flexibility index (Phi) is 6.97. The molecule has 0 spiro atoms. The summed E-state index contributed by atoms with van der Waals surface area (Å²) in [6.07, 6.45) is 0. The second kappa shape index (κ2) is 9.20. The predicted molar refractivity (Wildman–Crippen MR) is 111 cm³/mol. The number of benzene rings is 2. The molecule has 0 aliphatic heterocycles. The molecule has 0 atom stereocenters. The molecule has 138 valence electrons. The number of anilines is 2. The van der Waals surface area contributed by atoms with Crippen LogP contribution in [0.25, 0.3) is 0 Å². The Hall–Kier alpha value is -2.60. The summed E-state index contributed by atoms with van der Waals surface area (Å²) >= 11 is 5.50. The number of methoxy groups -OCH3 is 1. The number of carbonyl (C=O) groups excluding carboxylic acids is 1. The van der Waals surface area contributed by atoms with Crippen LogP contribution in [0, 0.1) is 13.8 Å². The highest BCUT2D eigenvalue weighted by molar-refractivity contribution is 7.80. The maximum Gasteiger partial charge on any atom is 0.244 e. The lowest BCUT2D eigenvalue weighted by Crippen LogP contribution is -2.40. The first-order chi connectivity index (χ1) is 12.5. The van der Waals surface area contributed by atoms with Crippen LogP contribution < -0.4 is 15.4 Å². The monoisotopic (exact) mass is 371 g/mol. The zero-order chi connectivity index (χ0) is 19.1. The van der Waals surface area contributed by atoms with E-state index in [1.165, 1.54) is 5.56 Å². The summed E-state index contributed by atoms with van der Waals surface area (Å²) in [5.41, 5.74) is 3.93. The van der Waals surface area contributed by atoms with Crippen LogP contribution in [0.2, 0.25) is 0 Å². The fourth-order valence-electron chi connectivity index (χ4n) is 2.52. The second-order valence-electron chi connectivity index (χ2n) is 5.94. The number of carbonyl (C=O) groups is 1. The fraction of sp³-hybridized carbons (Fsp3) is 0.300. The van der Waals surface area contributed by atoms with Crippen molar-refractivity contribution in [1.82, 2.24) is 4.90 Å². The van der Waals surface area contributed by atoms with Crippen molar-refractivity contribution in [3.8, 4) is 5.75 Å². The molecule has 2 aromatic carbocycles. The topological polar surface area (TPSA) is 53.6 Å². The number of hydrogen-bond donors (Lipinski definition) is 2. The maximum atomic E-state index is 12.4. The number of ether oxygens (including phenoxy) is 1. The first-order valence-corrected chi connectivity index (χ1v) is 8.92. The molecule has 0 aliphatic rings. The number of nitrogens with one attached hydrogen (secondary N) is 2. The Bertz CT molecular complexity index is 792. The Labute approximate surface area is 160 Å². The predicted octanol–water partition coefficient (Wildman–Crippen LogP) is 3.97. The number of thiocarbonyl (C=S) groups is 1. The van der Waals surface area contributed by atoms with Crippen LogP contribution in [0.1, 0.15) is 18.1 Å². The number of hydrogen-bond acceptors (Lipinski definition) is 3. The summed E-state index contributed by atoms with van der Waals surface area (Å²) in [5, 5.41) is 6.64. The number of para-hydroxylation sites is 2. The molecule has 0 fully saturated rings. The molecule has 2 aromatic rings. The number of nitrogens with zero attached hydrogens (tertiary/aromatic N) is 1. The molecule has 0 aromatic heterocycles. The second-order valence-corrected chi connectivity index (χ2v) is 6.33. The van der Waals surface area contributed by atoms with Crippen molar-refractivity contribution in [1.29, 1.82) is 0 Å². The van der Waals surface area contributed by atoms with Crippen LogP contribution in [-0.4, -0.2) is 36.1 Å². The number of aryl methyl sites for hydroxylation is 1. The largest absolute Gasteiger partial charge is 0.495 e. The van der Waals surface area contributed by atoms with E-state index in [4.69, 9.17) is 17.0 Å². The third-order valence-corrected chi connectivity index (χ3v) is 4.59. The molecule has 2 rings (SSSR count). The molecule has 0 heterocycles. The van der Waals surface area contributed by atoms with Gasteiger partial charge in [-0.2, -0.15) is 0 Å². The Morgan fingerprint density at radius 1 is 1.08 bits per heavy atom. The highest BCUT2D eigenvalue weighted by Gasteiger charge is 2.15. The standard InChI is InChI=1S/C20H25N3O2S/c1-5-23(20(26)22-16-11-8-9-14(2)15(16)3)13-19(24)21-17-10-6-7-12-18(17)25-4/h6-12H,5,13H2,1-4H3,(H,21,24)(H,22,26). The summed E-state index contributed by atoms with van der Waals surface area (Å²) < 4.78 is 5.26. The van der Waals surface area contributed by atoms with E-state index in [-0.39, 0.29) is 12.5 Å². The van der Waals surface area contributed by atoms with E-state index in [2.05, 4.69) is 23.6 Å². The molecule has 26 heavy (non-hydrogen) atoms. The summed E-state index contributed by atoms with van der Waals surface area (Å²) in [6.45, 7) is 6.85. The van der Waals surface area contributed by atoms with E-state index in [0.29, 0.717) is 23.1 Å². The highest BCUT2D eigenvalue weighted by atomic mass is 32.1. The summed E-state index contributed by atoms with van der Waals surface area (Å²) in [7, 11) is 1.58. The van der Waals surface area contributed by atoms with Gasteiger partial charge in [0.2, 0.25) is 5.91 Å². The minimum absolute atomic E-state index is 0.151. The van der Waals surface area contributed by atoms with Crippen molar-refractivity contribution in [3.05, 3.63) is 53.6 Å². The Morgan fingerprint density at radius 2 is 1.77 bits per heavy atom. The van der Waals surface area contributed by atoms with Gasteiger partial charge in [-0.25, -0.2) is 0 Å². The van der Waals surface area contributed by atoms with E-state index < -0.39 is 0 Å². The van der Waals surface area contributed by atoms with Crippen molar-refractivity contribution in [2.75, 3.05) is 30.8 Å². The molecule has 1 amide bonds. The van der Waals surface area contributed by atoms with Gasteiger partial charge in [-0.1, -0.05) is 24.3 Å². The Balaban J connectivity index is 2.02. The lowest BCUT2D eigenvalue weighted by molar-refractivity contribution is -0.116. The third-order valence-electron chi connectivity index (χ3n) is 4.23. The van der Waals surface area contributed by atoms with Crippen molar-refractivity contribution in [2.45, 2.75) is 20.8 Å². The van der Waals surface area contributed by atoms with Gasteiger partial charge in [0.15, 0.2) is 5.11 Å². The zero-order valence-corrected chi connectivity index (χ0v) is 16.4. The quantitative estimate of drug-likeness (QED) is 0.753. The molecule has 0 unspecified atom stereocenters. The smallest absolute Gasteiger partial charge is 0.244 e. The molecule has 0 aliphatic carbocycles. The van der Waals surface area contributed by atoms with E-state index in [1.807, 2.05) is 43.0 Å². The van der Waals surface area contributed by atoms with Gasteiger partial charge >= 0.3 is 0 Å². The maximum absolute atomic E-state index is 12.4. The van der Waals surface area contributed by atoms with Gasteiger partial charge in [0.25, 0.3) is 0 Å². The molecular formula is C20H25N3O2S. The number of likely N-dealkylation sites (N-methyl/N-ethyl adjacent to an activating group) is 1. The molecule has 0 radical (unpaired) electrons. The van der Waals surface area contributed by atoms with Crippen LogP contribution >= 0.6 is 12.2 Å². The lowest BCUT2D eigenvalue weighted by Gasteiger charge is -2.24. The molecule has 5 nitrogen and oxygen atoms in total. The zero-order valence-electron chi connectivity index (χ0n) is 15.6. The molecular weight excluding hydrogens is 346 g/mol. The molecule has 0 saturated heterocycles. The SMILES string of the molecule is CCN(CC(=O)Nc1ccccc1OC)C(=S)Nc1cccc(C)c1C. The van der Waals surface area contributed by atoms with Crippen LogP contribution in [0.4, 0.5) is 11.4 Å². The summed E-state index contributed by atoms with van der Waals surface area (Å²) in [6, 6.07) is 13.3. The first-order valence-electron chi connectivity index (χ1n) is 8.51. The van der Waals surface area contributed by atoms with Crippen molar-refractivity contribution in [3.63, 3.8) is 0 Å². The molecule has 0 saturated carbocycles. The van der Waals surface area contributed by atoms with Gasteiger partial charge in [0.1, 0.15) is 5.75 Å². The van der Waals surface area contributed by atoms with E-state index in [1.54, 1.807) is 19.2 Å². The van der Waals surface area contributed by atoms with Gasteiger partial charge in [-0.3, -0.25) is 4.79 Å². The molecule has 0 bridgehead atoms. The van der Waals surface area contributed by atoms with Crippen molar-refractivity contribution >= 4 is 34.6 Å². The van der Waals surface area contributed by atoms with Crippen LogP contribution in [0.5, 0.6) is 5.75 Å². The normalized spacial score (nSPS) is 10.2. The van der Waals surface area contributed by atoms with E-state index in [0.717, 1.165) is 11.3 Å².